The van der Waals surface area contributed by atoms with Gasteiger partial charge in [0, 0.05) is 55.4 Å². The number of hydrogen-bond acceptors (Lipinski definition) is 21. The summed E-state index contributed by atoms with van der Waals surface area (Å²) < 4.78 is 61.5. The first-order valence-corrected chi connectivity index (χ1v) is 16.0. The van der Waals surface area contributed by atoms with Gasteiger partial charge >= 0.3 is 47.8 Å². The van der Waals surface area contributed by atoms with Crippen LogP contribution in [0, 0.1) is 0 Å². The molecule has 3 rings (SSSR count). The second kappa shape index (κ2) is 19.0. The monoisotopic (exact) mass is 759 g/mol. The van der Waals surface area contributed by atoms with Gasteiger partial charge in [-0.3, -0.25) is 38.4 Å². The normalized spacial score (nSPS) is 28.0. The second-order valence-electron chi connectivity index (χ2n) is 11.7. The molecule has 2 saturated heterocycles. The summed E-state index contributed by atoms with van der Waals surface area (Å²) in [5, 5.41) is 8.05. The Hall–Kier alpha value is -5.22. The maximum Gasteiger partial charge on any atom is 0.303 e. The number of hydrogen-bond donors (Lipinski definition) is 0. The van der Waals surface area contributed by atoms with E-state index in [1.807, 2.05) is 0 Å². The average molecular weight is 760 g/mol. The Bertz CT molecular complexity index is 1530. The van der Waals surface area contributed by atoms with Gasteiger partial charge in [0.25, 0.3) is 0 Å². The van der Waals surface area contributed by atoms with E-state index < -0.39 is 129 Å². The van der Waals surface area contributed by atoms with Crippen molar-refractivity contribution in [1.29, 1.82) is 0 Å². The van der Waals surface area contributed by atoms with Crippen LogP contribution in [0.15, 0.2) is 6.20 Å². The van der Waals surface area contributed by atoms with Crippen molar-refractivity contribution in [1.82, 2.24) is 15.0 Å². The minimum atomic E-state index is -1.55. The molecule has 0 bridgehead atoms. The Morgan fingerprint density at radius 1 is 0.547 bits per heavy atom. The zero-order valence-corrected chi connectivity index (χ0v) is 30.1. The van der Waals surface area contributed by atoms with Crippen molar-refractivity contribution < 1.29 is 90.5 Å². The van der Waals surface area contributed by atoms with Crippen LogP contribution in [0.1, 0.15) is 67.3 Å². The lowest BCUT2D eigenvalue weighted by Crippen LogP contribution is -2.62. The molecule has 2 fully saturated rings. The lowest BCUT2D eigenvalue weighted by atomic mass is 9.97. The van der Waals surface area contributed by atoms with Crippen LogP contribution >= 0.6 is 0 Å². The van der Waals surface area contributed by atoms with Gasteiger partial charge in [0.15, 0.2) is 49.1 Å². The van der Waals surface area contributed by atoms with Crippen molar-refractivity contribution >= 4 is 47.8 Å². The maximum atomic E-state index is 12.2. The van der Waals surface area contributed by atoms with Gasteiger partial charge in [-0.25, -0.2) is 4.68 Å². The highest BCUT2D eigenvalue weighted by molar-refractivity contribution is 5.70. The Labute approximate surface area is 301 Å². The number of carbonyl (C=O) groups excluding carboxylic acids is 8. The van der Waals surface area contributed by atoms with Crippen molar-refractivity contribution in [3.05, 3.63) is 11.9 Å². The van der Waals surface area contributed by atoms with Crippen LogP contribution in [0.2, 0.25) is 0 Å². The topological polar surface area (TPSA) is 269 Å². The van der Waals surface area contributed by atoms with Crippen LogP contribution in [0.4, 0.5) is 0 Å². The summed E-state index contributed by atoms with van der Waals surface area (Å²) in [7, 11) is 0. The third-order valence-corrected chi connectivity index (χ3v) is 7.13. The molecule has 0 aliphatic carbocycles. The quantitative estimate of drug-likeness (QED) is 0.165. The Balaban J connectivity index is 1.97. The first kappa shape index (κ1) is 42.2. The van der Waals surface area contributed by atoms with Crippen LogP contribution < -0.4 is 0 Å². The molecule has 0 radical (unpaired) electrons. The highest BCUT2D eigenvalue weighted by atomic mass is 16.7. The molecule has 0 aromatic carbocycles. The summed E-state index contributed by atoms with van der Waals surface area (Å²) in [6.45, 7) is 7.24. The van der Waals surface area contributed by atoms with E-state index in [0.717, 1.165) is 60.1 Å². The molecule has 0 unspecified atom stereocenters. The second-order valence-corrected chi connectivity index (χ2v) is 11.7. The smallest absolute Gasteiger partial charge is 0.303 e. The van der Waals surface area contributed by atoms with Gasteiger partial charge in [-0.2, -0.15) is 0 Å². The standard InChI is InChI=1S/C31H41N3O19/c1-13(35)43-11-22-24(46-15(3)37)26(48-17(5)39)28(50-19(7)41)30(52-22)34-9-21(32-33-34)10-45-31-29(51-20(8)42)27(49-18(6)40)25(47-16(4)38)23(53-31)12-44-14(2)36/h9,22-31H,10-12H2,1-8H3/t22-,23+,24-,25+,26+,27-,28-,29-,30-,31-/m0/s1. The maximum absolute atomic E-state index is 12.2. The Morgan fingerprint density at radius 2 is 0.943 bits per heavy atom. The fourth-order valence-electron chi connectivity index (χ4n) is 5.41. The summed E-state index contributed by atoms with van der Waals surface area (Å²) in [5.41, 5.74) is 0.0470. The molecule has 53 heavy (non-hydrogen) atoms. The molecular weight excluding hydrogens is 718 g/mol. The molecule has 294 valence electrons. The highest BCUT2D eigenvalue weighted by Gasteiger charge is 2.54. The number of rotatable bonds is 14. The fraction of sp³-hybridized carbons (Fsp3) is 0.677. The summed E-state index contributed by atoms with van der Waals surface area (Å²) in [4.78, 5) is 96.0. The minimum Gasteiger partial charge on any atom is -0.463 e. The summed E-state index contributed by atoms with van der Waals surface area (Å²) in [6.07, 6.45) is -13.1. The van der Waals surface area contributed by atoms with Crippen LogP contribution in [0.25, 0.3) is 0 Å². The predicted molar refractivity (Wildman–Crippen MR) is 164 cm³/mol. The first-order valence-electron chi connectivity index (χ1n) is 16.0. The molecule has 1 aromatic rings. The SMILES string of the molecule is CC(=O)OC[C@@H]1O[C@H](n2cc(CO[C@H]3O[C@H](COC(C)=O)[C@@H](OC(C)=O)[C@H](OC(C)=O)[C@@H]3OC(C)=O)nn2)[C@@H](OC(C)=O)[C@H](OC(C)=O)[C@H]1OC(C)=O. The average Bonchev–Trinajstić information content (AvgIpc) is 3.50. The van der Waals surface area contributed by atoms with E-state index in [-0.39, 0.29) is 5.69 Å². The van der Waals surface area contributed by atoms with Crippen molar-refractivity contribution in [2.24, 2.45) is 0 Å². The van der Waals surface area contributed by atoms with Gasteiger partial charge in [0.1, 0.15) is 31.1 Å². The molecule has 0 amide bonds. The van der Waals surface area contributed by atoms with Crippen molar-refractivity contribution in [3.63, 3.8) is 0 Å². The molecule has 22 nitrogen and oxygen atoms in total. The highest BCUT2D eigenvalue weighted by Crippen LogP contribution is 2.35. The number of nitrogens with zero attached hydrogens (tertiary/aromatic N) is 3. The van der Waals surface area contributed by atoms with Gasteiger partial charge in [-0.15, -0.1) is 5.10 Å². The number of ether oxygens (including phenoxy) is 11. The van der Waals surface area contributed by atoms with Crippen LogP contribution in [-0.2, 0) is 97.1 Å². The Morgan fingerprint density at radius 3 is 1.40 bits per heavy atom. The van der Waals surface area contributed by atoms with E-state index in [1.54, 1.807) is 0 Å². The van der Waals surface area contributed by atoms with Gasteiger partial charge in [0.05, 0.1) is 12.8 Å². The third-order valence-electron chi connectivity index (χ3n) is 7.13. The molecule has 2 aliphatic rings. The molecule has 22 heteroatoms. The van der Waals surface area contributed by atoms with E-state index in [9.17, 15) is 38.4 Å². The van der Waals surface area contributed by atoms with Crippen LogP contribution in [0.5, 0.6) is 0 Å². The molecule has 0 N–H and O–H groups in total. The van der Waals surface area contributed by atoms with Crippen molar-refractivity contribution in [3.8, 4) is 0 Å². The largest absolute Gasteiger partial charge is 0.463 e. The molecular formula is C31H41N3O19. The first-order chi connectivity index (χ1) is 24.9. The third kappa shape index (κ3) is 12.5. The number of esters is 8. The fourth-order valence-corrected chi connectivity index (χ4v) is 5.41. The Kier molecular flexibility index (Phi) is 15.1. The summed E-state index contributed by atoms with van der Waals surface area (Å²) >= 11 is 0. The van der Waals surface area contributed by atoms with Crippen molar-refractivity contribution in [2.45, 2.75) is 123 Å². The van der Waals surface area contributed by atoms with E-state index in [0.29, 0.717) is 0 Å². The van der Waals surface area contributed by atoms with Gasteiger partial charge in [0.2, 0.25) is 0 Å². The van der Waals surface area contributed by atoms with Crippen LogP contribution in [0.3, 0.4) is 0 Å². The molecule has 10 atom stereocenters. The zero-order valence-electron chi connectivity index (χ0n) is 30.1. The van der Waals surface area contributed by atoms with Gasteiger partial charge in [-0.05, 0) is 0 Å². The number of aromatic nitrogens is 3. The predicted octanol–water partition coefficient (Wildman–Crippen LogP) is -0.867. The molecule has 0 saturated carbocycles. The van der Waals surface area contributed by atoms with Gasteiger partial charge in [-0.1, -0.05) is 5.21 Å². The summed E-state index contributed by atoms with van der Waals surface area (Å²) in [5.74, 6) is -6.42. The molecule has 2 aliphatic heterocycles. The van der Waals surface area contributed by atoms with Crippen LogP contribution in [-0.4, -0.2) is 131 Å². The lowest BCUT2D eigenvalue weighted by molar-refractivity contribution is -0.310. The molecule has 1 aromatic heterocycles. The van der Waals surface area contributed by atoms with E-state index in [4.69, 9.17) is 52.1 Å². The minimum absolute atomic E-state index is 0.0470. The van der Waals surface area contributed by atoms with Crippen molar-refractivity contribution in [2.75, 3.05) is 13.2 Å². The van der Waals surface area contributed by atoms with Gasteiger partial charge < -0.3 is 52.1 Å². The summed E-state index contributed by atoms with van der Waals surface area (Å²) in [6, 6.07) is 0. The van der Waals surface area contributed by atoms with E-state index in [2.05, 4.69) is 10.3 Å². The molecule has 3 heterocycles. The number of carbonyl (C=O) groups is 8. The molecule has 0 spiro atoms. The zero-order chi connectivity index (χ0) is 39.6. The van der Waals surface area contributed by atoms with E-state index >= 15 is 0 Å². The lowest BCUT2D eigenvalue weighted by Gasteiger charge is -2.44. The van der Waals surface area contributed by atoms with E-state index in [1.165, 1.54) is 6.20 Å².